The van der Waals surface area contributed by atoms with Gasteiger partial charge < -0.3 is 14.6 Å². The largest absolute Gasteiger partial charge is 0.468 e. The minimum Gasteiger partial charge on any atom is -0.468 e. The normalized spacial score (nSPS) is 20.1. The Morgan fingerprint density at radius 3 is 2.72 bits per heavy atom. The first-order chi connectivity index (χ1) is 8.79. The Kier molecular flexibility index (Phi) is 5.23. The van der Waals surface area contributed by atoms with Crippen LogP contribution in [0.5, 0.6) is 0 Å². The van der Waals surface area contributed by atoms with E-state index in [1.54, 1.807) is 6.26 Å². The number of hydrogen-bond donors (Lipinski definition) is 1. The Morgan fingerprint density at radius 2 is 2.11 bits per heavy atom. The molecule has 1 saturated heterocycles. The van der Waals surface area contributed by atoms with Gasteiger partial charge in [0.25, 0.3) is 0 Å². The highest BCUT2D eigenvalue weighted by atomic mass is 16.3. The van der Waals surface area contributed by atoms with E-state index in [1.807, 2.05) is 12.1 Å². The number of nitrogens with one attached hydrogen (secondary N) is 1. The zero-order valence-electron chi connectivity index (χ0n) is 11.6. The van der Waals surface area contributed by atoms with E-state index in [0.29, 0.717) is 6.04 Å². The molecule has 2 heterocycles. The van der Waals surface area contributed by atoms with Crippen molar-refractivity contribution in [2.24, 2.45) is 0 Å². The molecule has 0 radical (unpaired) electrons. The molecule has 0 aromatic carbocycles. The summed E-state index contributed by atoms with van der Waals surface area (Å²) in [6, 6.07) is 4.54. The number of rotatable bonds is 6. The topological polar surface area (TPSA) is 31.6 Å². The molecule has 4 nitrogen and oxygen atoms in total. The van der Waals surface area contributed by atoms with Crippen LogP contribution in [0.2, 0.25) is 0 Å². The number of hydrogen-bond acceptors (Lipinski definition) is 4. The molecule has 1 atom stereocenters. The maximum Gasteiger partial charge on any atom is 0.117 e. The SMILES string of the molecule is CCN1CCN(C(C)CNCc2ccco2)CC1. The summed E-state index contributed by atoms with van der Waals surface area (Å²) < 4.78 is 5.31. The van der Waals surface area contributed by atoms with Gasteiger partial charge in [-0.05, 0) is 25.6 Å². The molecule has 0 spiro atoms. The quantitative estimate of drug-likeness (QED) is 0.828. The first-order valence-corrected chi connectivity index (χ1v) is 6.99. The molecule has 0 saturated carbocycles. The Balaban J connectivity index is 1.64. The Hall–Kier alpha value is -0.840. The molecule has 1 aromatic heterocycles. The van der Waals surface area contributed by atoms with Gasteiger partial charge in [-0.25, -0.2) is 0 Å². The van der Waals surface area contributed by atoms with Crippen LogP contribution in [0, 0.1) is 0 Å². The highest BCUT2D eigenvalue weighted by molar-refractivity contribution is 4.97. The average molecular weight is 251 g/mol. The van der Waals surface area contributed by atoms with Crippen molar-refractivity contribution in [3.8, 4) is 0 Å². The van der Waals surface area contributed by atoms with E-state index in [1.165, 1.54) is 32.7 Å². The third-order valence-corrected chi connectivity index (χ3v) is 3.80. The van der Waals surface area contributed by atoms with Crippen LogP contribution in [-0.2, 0) is 6.54 Å². The molecule has 0 bridgehead atoms. The summed E-state index contributed by atoms with van der Waals surface area (Å²) in [7, 11) is 0. The molecule has 1 N–H and O–H groups in total. The lowest BCUT2D eigenvalue weighted by Gasteiger charge is -2.37. The smallest absolute Gasteiger partial charge is 0.117 e. The second-order valence-corrected chi connectivity index (χ2v) is 5.03. The van der Waals surface area contributed by atoms with Gasteiger partial charge in [0, 0.05) is 38.8 Å². The third-order valence-electron chi connectivity index (χ3n) is 3.80. The predicted octanol–water partition coefficient (Wildman–Crippen LogP) is 1.40. The minimum absolute atomic E-state index is 0.596. The van der Waals surface area contributed by atoms with E-state index in [-0.39, 0.29) is 0 Å². The number of furan rings is 1. The number of piperazine rings is 1. The van der Waals surface area contributed by atoms with E-state index in [9.17, 15) is 0 Å². The fourth-order valence-electron chi connectivity index (χ4n) is 2.47. The summed E-state index contributed by atoms with van der Waals surface area (Å²) in [5.74, 6) is 1.01. The van der Waals surface area contributed by atoms with Crippen molar-refractivity contribution in [1.29, 1.82) is 0 Å². The number of nitrogens with zero attached hydrogens (tertiary/aromatic N) is 2. The van der Waals surface area contributed by atoms with Gasteiger partial charge in [-0.2, -0.15) is 0 Å². The van der Waals surface area contributed by atoms with Gasteiger partial charge in [-0.15, -0.1) is 0 Å². The van der Waals surface area contributed by atoms with Gasteiger partial charge in [-0.3, -0.25) is 4.90 Å². The fourth-order valence-corrected chi connectivity index (χ4v) is 2.47. The van der Waals surface area contributed by atoms with Crippen LogP contribution in [0.3, 0.4) is 0 Å². The predicted molar refractivity (Wildman–Crippen MR) is 73.6 cm³/mol. The van der Waals surface area contributed by atoms with E-state index in [0.717, 1.165) is 18.8 Å². The lowest BCUT2D eigenvalue weighted by molar-refractivity contribution is 0.105. The van der Waals surface area contributed by atoms with Crippen molar-refractivity contribution >= 4 is 0 Å². The highest BCUT2D eigenvalue weighted by Crippen LogP contribution is 2.06. The molecule has 1 unspecified atom stereocenters. The van der Waals surface area contributed by atoms with Crippen LogP contribution in [0.25, 0.3) is 0 Å². The van der Waals surface area contributed by atoms with Crippen molar-refractivity contribution in [3.63, 3.8) is 0 Å². The zero-order chi connectivity index (χ0) is 12.8. The molecule has 102 valence electrons. The monoisotopic (exact) mass is 251 g/mol. The molecule has 1 aromatic rings. The van der Waals surface area contributed by atoms with Crippen molar-refractivity contribution in [2.75, 3.05) is 39.3 Å². The summed E-state index contributed by atoms with van der Waals surface area (Å²) in [5, 5.41) is 3.46. The van der Waals surface area contributed by atoms with Gasteiger partial charge in [0.2, 0.25) is 0 Å². The Labute approximate surface area is 110 Å². The van der Waals surface area contributed by atoms with Crippen LogP contribution in [-0.4, -0.2) is 55.1 Å². The van der Waals surface area contributed by atoms with Crippen LogP contribution in [0.1, 0.15) is 19.6 Å². The van der Waals surface area contributed by atoms with Crippen molar-refractivity contribution in [3.05, 3.63) is 24.2 Å². The third kappa shape index (κ3) is 3.83. The first kappa shape index (κ1) is 13.6. The molecule has 18 heavy (non-hydrogen) atoms. The van der Waals surface area contributed by atoms with Crippen LogP contribution in [0.4, 0.5) is 0 Å². The molecule has 4 heteroatoms. The van der Waals surface area contributed by atoms with E-state index in [4.69, 9.17) is 4.42 Å². The maximum absolute atomic E-state index is 5.31. The van der Waals surface area contributed by atoms with Crippen molar-refractivity contribution in [1.82, 2.24) is 15.1 Å². The van der Waals surface area contributed by atoms with Crippen LogP contribution >= 0.6 is 0 Å². The minimum atomic E-state index is 0.596. The maximum atomic E-state index is 5.31. The van der Waals surface area contributed by atoms with E-state index < -0.39 is 0 Å². The Morgan fingerprint density at radius 1 is 1.33 bits per heavy atom. The highest BCUT2D eigenvalue weighted by Gasteiger charge is 2.19. The van der Waals surface area contributed by atoms with Gasteiger partial charge in [0.1, 0.15) is 5.76 Å². The summed E-state index contributed by atoms with van der Waals surface area (Å²) in [5.41, 5.74) is 0. The first-order valence-electron chi connectivity index (χ1n) is 6.99. The molecular formula is C14H25N3O. The molecule has 1 fully saturated rings. The molecule has 1 aliphatic rings. The number of likely N-dealkylation sites (N-methyl/N-ethyl adjacent to an activating group) is 1. The molecule has 0 amide bonds. The molecule has 2 rings (SSSR count). The van der Waals surface area contributed by atoms with Gasteiger partial charge in [0.05, 0.1) is 12.8 Å². The van der Waals surface area contributed by atoms with Gasteiger partial charge in [-0.1, -0.05) is 6.92 Å². The molecule has 1 aliphatic heterocycles. The van der Waals surface area contributed by atoms with Crippen molar-refractivity contribution < 1.29 is 4.42 Å². The summed E-state index contributed by atoms with van der Waals surface area (Å²) >= 11 is 0. The fraction of sp³-hybridized carbons (Fsp3) is 0.714. The molecular weight excluding hydrogens is 226 g/mol. The Bertz CT molecular complexity index is 318. The summed E-state index contributed by atoms with van der Waals surface area (Å²) in [4.78, 5) is 5.08. The van der Waals surface area contributed by atoms with Crippen LogP contribution in [0.15, 0.2) is 22.8 Å². The lowest BCUT2D eigenvalue weighted by atomic mass is 10.2. The van der Waals surface area contributed by atoms with Crippen molar-refractivity contribution in [2.45, 2.75) is 26.4 Å². The van der Waals surface area contributed by atoms with Gasteiger partial charge >= 0.3 is 0 Å². The summed E-state index contributed by atoms with van der Waals surface area (Å²) in [6.45, 7) is 12.4. The zero-order valence-corrected chi connectivity index (χ0v) is 11.6. The van der Waals surface area contributed by atoms with E-state index >= 15 is 0 Å². The van der Waals surface area contributed by atoms with E-state index in [2.05, 4.69) is 29.0 Å². The molecule has 0 aliphatic carbocycles. The summed E-state index contributed by atoms with van der Waals surface area (Å²) in [6.07, 6.45) is 1.73. The second kappa shape index (κ2) is 6.92. The van der Waals surface area contributed by atoms with Gasteiger partial charge in [0.15, 0.2) is 0 Å². The van der Waals surface area contributed by atoms with Crippen LogP contribution < -0.4 is 5.32 Å². The lowest BCUT2D eigenvalue weighted by Crippen LogP contribution is -2.51. The standard InChI is InChI=1S/C14H25N3O/c1-3-16-6-8-17(9-7-16)13(2)11-15-12-14-5-4-10-18-14/h4-5,10,13,15H,3,6-9,11-12H2,1-2H3. The average Bonchev–Trinajstić information content (AvgIpc) is 2.92. The second-order valence-electron chi connectivity index (χ2n) is 5.03.